The molecule has 1 aromatic carbocycles. The van der Waals surface area contributed by atoms with Crippen LogP contribution in [0.3, 0.4) is 0 Å². The fraction of sp³-hybridized carbons (Fsp3) is 0.316. The van der Waals surface area contributed by atoms with Crippen molar-refractivity contribution in [1.29, 1.82) is 5.26 Å². The maximum atomic E-state index is 12.6. The molecule has 0 aliphatic carbocycles. The summed E-state index contributed by atoms with van der Waals surface area (Å²) in [6, 6.07) is 15.0. The molecule has 0 spiro atoms. The maximum Gasteiger partial charge on any atom is 0.272 e. The highest BCUT2D eigenvalue weighted by Gasteiger charge is 2.25. The van der Waals surface area contributed by atoms with E-state index in [1.807, 2.05) is 41.3 Å². The van der Waals surface area contributed by atoms with Crippen LogP contribution >= 0.6 is 0 Å². The summed E-state index contributed by atoms with van der Waals surface area (Å²) in [6.07, 6.45) is 3.45. The van der Waals surface area contributed by atoms with Crippen LogP contribution in [0.5, 0.6) is 5.75 Å². The third-order valence-corrected chi connectivity index (χ3v) is 4.15. The molecule has 0 N–H and O–H groups in total. The maximum absolute atomic E-state index is 12.6. The third kappa shape index (κ3) is 3.90. The number of nitriles is 1. The lowest BCUT2D eigenvalue weighted by atomic mass is 9.98. The van der Waals surface area contributed by atoms with Crippen molar-refractivity contribution in [3.63, 3.8) is 0 Å². The van der Waals surface area contributed by atoms with Gasteiger partial charge in [0.25, 0.3) is 5.91 Å². The van der Waals surface area contributed by atoms with Gasteiger partial charge in [0.2, 0.25) is 0 Å². The Labute approximate surface area is 141 Å². The number of carbonyl (C=O) groups is 1. The molecule has 1 aromatic heterocycles. The van der Waals surface area contributed by atoms with E-state index in [4.69, 9.17) is 10.00 Å². The molecule has 0 bridgehead atoms. The third-order valence-electron chi connectivity index (χ3n) is 4.15. The van der Waals surface area contributed by atoms with Crippen molar-refractivity contribution in [2.75, 3.05) is 19.7 Å². The second kappa shape index (κ2) is 7.60. The molecule has 1 aliphatic rings. The fourth-order valence-electron chi connectivity index (χ4n) is 2.86. The van der Waals surface area contributed by atoms with Crippen LogP contribution in [0.2, 0.25) is 0 Å². The topological polar surface area (TPSA) is 66.2 Å². The number of rotatable bonds is 4. The molecule has 5 heteroatoms. The minimum absolute atomic E-state index is 0.0797. The summed E-state index contributed by atoms with van der Waals surface area (Å²) in [4.78, 5) is 18.5. The molecule has 1 aliphatic heterocycles. The van der Waals surface area contributed by atoms with Crippen LogP contribution in [0.25, 0.3) is 0 Å². The number of pyridine rings is 1. The number of amides is 1. The minimum Gasteiger partial charge on any atom is -0.493 e. The lowest BCUT2D eigenvalue weighted by Crippen LogP contribution is -2.41. The summed E-state index contributed by atoms with van der Waals surface area (Å²) in [5.41, 5.74) is 0.845. The second-order valence-electron chi connectivity index (χ2n) is 5.93. The van der Waals surface area contributed by atoms with Crippen molar-refractivity contribution >= 4 is 5.91 Å². The summed E-state index contributed by atoms with van der Waals surface area (Å²) in [6.45, 7) is 2.02. The minimum atomic E-state index is -0.0797. The van der Waals surface area contributed by atoms with E-state index in [1.165, 1.54) is 6.20 Å². The van der Waals surface area contributed by atoms with Gasteiger partial charge in [-0.3, -0.25) is 4.79 Å². The number of hydrogen-bond donors (Lipinski definition) is 0. The molecule has 3 rings (SSSR count). The number of carbonyl (C=O) groups excluding carboxylic acids is 1. The van der Waals surface area contributed by atoms with E-state index in [-0.39, 0.29) is 5.91 Å². The van der Waals surface area contributed by atoms with Crippen LogP contribution in [0.15, 0.2) is 48.7 Å². The van der Waals surface area contributed by atoms with Crippen molar-refractivity contribution in [1.82, 2.24) is 9.88 Å². The van der Waals surface area contributed by atoms with E-state index in [0.29, 0.717) is 30.3 Å². The molecule has 1 unspecified atom stereocenters. The van der Waals surface area contributed by atoms with Crippen LogP contribution in [0, 0.1) is 17.2 Å². The number of hydrogen-bond acceptors (Lipinski definition) is 4. The Kier molecular flexibility index (Phi) is 5.07. The zero-order valence-electron chi connectivity index (χ0n) is 13.4. The first kappa shape index (κ1) is 16.0. The molecule has 1 fully saturated rings. The first-order chi connectivity index (χ1) is 11.8. The smallest absolute Gasteiger partial charge is 0.272 e. The van der Waals surface area contributed by atoms with Gasteiger partial charge in [-0.05, 0) is 37.1 Å². The van der Waals surface area contributed by atoms with Crippen LogP contribution in [0.4, 0.5) is 0 Å². The number of likely N-dealkylation sites (tertiary alicyclic amines) is 1. The molecule has 1 atom stereocenters. The van der Waals surface area contributed by atoms with Crippen molar-refractivity contribution < 1.29 is 9.53 Å². The van der Waals surface area contributed by atoms with Crippen LogP contribution < -0.4 is 4.74 Å². The van der Waals surface area contributed by atoms with Gasteiger partial charge in [0.1, 0.15) is 17.5 Å². The van der Waals surface area contributed by atoms with E-state index in [0.717, 1.165) is 25.1 Å². The lowest BCUT2D eigenvalue weighted by molar-refractivity contribution is 0.0627. The van der Waals surface area contributed by atoms with Crippen LogP contribution in [0.1, 0.15) is 28.9 Å². The Morgan fingerprint density at radius 1 is 1.29 bits per heavy atom. The van der Waals surface area contributed by atoms with Crippen molar-refractivity contribution in [2.45, 2.75) is 12.8 Å². The number of ether oxygens (including phenoxy) is 1. The highest BCUT2D eigenvalue weighted by atomic mass is 16.5. The molecule has 2 aromatic rings. The van der Waals surface area contributed by atoms with E-state index in [9.17, 15) is 4.79 Å². The predicted molar refractivity (Wildman–Crippen MR) is 89.5 cm³/mol. The first-order valence-corrected chi connectivity index (χ1v) is 8.09. The van der Waals surface area contributed by atoms with Crippen molar-refractivity contribution in [3.8, 4) is 11.8 Å². The zero-order valence-corrected chi connectivity index (χ0v) is 13.4. The summed E-state index contributed by atoms with van der Waals surface area (Å²) in [5, 5.41) is 8.80. The molecule has 0 saturated carbocycles. The molecule has 24 heavy (non-hydrogen) atoms. The fourth-order valence-corrected chi connectivity index (χ4v) is 2.86. The molecular weight excluding hydrogens is 302 g/mol. The zero-order chi connectivity index (χ0) is 16.8. The normalized spacial score (nSPS) is 17.1. The van der Waals surface area contributed by atoms with E-state index in [2.05, 4.69) is 4.98 Å². The van der Waals surface area contributed by atoms with Gasteiger partial charge in [0.15, 0.2) is 0 Å². The number of nitrogens with zero attached hydrogens (tertiary/aromatic N) is 3. The number of aromatic nitrogens is 1. The summed E-state index contributed by atoms with van der Waals surface area (Å²) in [7, 11) is 0. The molecule has 1 amide bonds. The Hall–Kier alpha value is -2.87. The molecule has 1 saturated heterocycles. The predicted octanol–water partition coefficient (Wildman–Crippen LogP) is 2.88. The van der Waals surface area contributed by atoms with Gasteiger partial charge in [-0.1, -0.05) is 18.2 Å². The quantitative estimate of drug-likeness (QED) is 0.868. The molecule has 0 radical (unpaired) electrons. The van der Waals surface area contributed by atoms with E-state index >= 15 is 0 Å². The van der Waals surface area contributed by atoms with Crippen LogP contribution in [-0.2, 0) is 0 Å². The molecule has 2 heterocycles. The number of para-hydroxylation sites is 1. The van der Waals surface area contributed by atoms with Crippen LogP contribution in [-0.4, -0.2) is 35.5 Å². The first-order valence-electron chi connectivity index (χ1n) is 8.09. The Morgan fingerprint density at radius 3 is 2.83 bits per heavy atom. The SMILES string of the molecule is N#Cc1ccc(C(=O)N2CCCC(COc3ccccc3)C2)nc1. The highest BCUT2D eigenvalue weighted by molar-refractivity contribution is 5.92. The highest BCUT2D eigenvalue weighted by Crippen LogP contribution is 2.20. The van der Waals surface area contributed by atoms with Crippen molar-refractivity contribution in [2.24, 2.45) is 5.92 Å². The molecule has 122 valence electrons. The average Bonchev–Trinajstić information content (AvgIpc) is 2.67. The molecular formula is C19H19N3O2. The summed E-state index contributed by atoms with van der Waals surface area (Å²) < 4.78 is 5.82. The monoisotopic (exact) mass is 321 g/mol. The van der Waals surface area contributed by atoms with Gasteiger partial charge >= 0.3 is 0 Å². The number of piperidine rings is 1. The molecule has 5 nitrogen and oxygen atoms in total. The van der Waals surface area contributed by atoms with Gasteiger partial charge in [-0.25, -0.2) is 4.98 Å². The Balaban J connectivity index is 1.58. The average molecular weight is 321 g/mol. The van der Waals surface area contributed by atoms with Gasteiger partial charge in [0.05, 0.1) is 12.2 Å². The standard InChI is InChI=1S/C19H19N3O2/c20-11-15-8-9-18(21-12-15)19(23)22-10-4-5-16(13-22)14-24-17-6-2-1-3-7-17/h1-3,6-9,12,16H,4-5,10,13-14H2. The van der Waals surface area contributed by atoms with Crippen molar-refractivity contribution in [3.05, 3.63) is 59.9 Å². The van der Waals surface area contributed by atoms with Gasteiger partial charge in [-0.15, -0.1) is 0 Å². The van der Waals surface area contributed by atoms with Gasteiger partial charge < -0.3 is 9.64 Å². The van der Waals surface area contributed by atoms with E-state index < -0.39 is 0 Å². The lowest BCUT2D eigenvalue weighted by Gasteiger charge is -2.32. The summed E-state index contributed by atoms with van der Waals surface area (Å²) >= 11 is 0. The number of benzene rings is 1. The summed E-state index contributed by atoms with van der Waals surface area (Å²) in [5.74, 6) is 1.10. The second-order valence-corrected chi connectivity index (χ2v) is 5.93. The van der Waals surface area contributed by atoms with E-state index in [1.54, 1.807) is 12.1 Å². The largest absolute Gasteiger partial charge is 0.493 e. The Bertz CT molecular complexity index is 723. The Morgan fingerprint density at radius 2 is 2.12 bits per heavy atom. The van der Waals surface area contributed by atoms with Gasteiger partial charge in [-0.2, -0.15) is 5.26 Å². The van der Waals surface area contributed by atoms with Gasteiger partial charge in [0, 0.05) is 25.2 Å².